The zero-order chi connectivity index (χ0) is 22.6. The largest absolute Gasteiger partial charge is 0.476 e. The molecule has 11 heteroatoms. The summed E-state index contributed by atoms with van der Waals surface area (Å²) in [5.41, 5.74) is 0.343. The molecule has 0 unspecified atom stereocenters. The Labute approximate surface area is 175 Å². The van der Waals surface area contributed by atoms with E-state index in [-0.39, 0.29) is 39.3 Å². The molecule has 0 aliphatic rings. The van der Waals surface area contributed by atoms with Crippen molar-refractivity contribution in [3.8, 4) is 0 Å². The fourth-order valence-corrected chi connectivity index (χ4v) is 1.69. The van der Waals surface area contributed by atoms with E-state index in [2.05, 4.69) is 6.58 Å². The summed E-state index contributed by atoms with van der Waals surface area (Å²) in [7, 11) is 0. The molecule has 11 nitrogen and oxygen atoms in total. The third-order valence-electron chi connectivity index (χ3n) is 3.21. The van der Waals surface area contributed by atoms with Crippen molar-refractivity contribution in [1.29, 1.82) is 0 Å². The molecule has 0 aliphatic heterocycles. The first-order valence-corrected chi connectivity index (χ1v) is 9.40. The van der Waals surface area contributed by atoms with Crippen molar-refractivity contribution < 1.29 is 52.7 Å². The van der Waals surface area contributed by atoms with Crippen LogP contribution in [-0.2, 0) is 47.6 Å². The van der Waals surface area contributed by atoms with Gasteiger partial charge in [-0.3, -0.25) is 9.59 Å². The van der Waals surface area contributed by atoms with Crippen LogP contribution in [-0.4, -0.2) is 94.9 Å². The lowest BCUT2D eigenvalue weighted by Crippen LogP contribution is -2.17. The summed E-state index contributed by atoms with van der Waals surface area (Å²) in [4.78, 5) is 43.5. The summed E-state index contributed by atoms with van der Waals surface area (Å²) in [6.45, 7) is 7.84. The molecule has 0 saturated carbocycles. The lowest BCUT2D eigenvalue weighted by atomic mass is 10.2. The number of hydrogen-bond acceptors (Lipinski definition) is 10. The van der Waals surface area contributed by atoms with E-state index in [0.29, 0.717) is 45.2 Å². The van der Waals surface area contributed by atoms with Crippen LogP contribution in [0.15, 0.2) is 12.2 Å². The van der Waals surface area contributed by atoms with Crippen molar-refractivity contribution in [2.24, 2.45) is 0 Å². The van der Waals surface area contributed by atoms with Crippen molar-refractivity contribution in [2.45, 2.75) is 19.8 Å². The van der Waals surface area contributed by atoms with E-state index in [1.807, 2.05) is 0 Å². The minimum atomic E-state index is -1.57. The van der Waals surface area contributed by atoms with Crippen LogP contribution in [0.1, 0.15) is 19.8 Å². The van der Waals surface area contributed by atoms with Crippen LogP contribution in [0.5, 0.6) is 0 Å². The first-order valence-electron chi connectivity index (χ1n) is 9.40. The molecule has 0 rings (SSSR count). The van der Waals surface area contributed by atoms with Crippen molar-refractivity contribution in [3.05, 3.63) is 12.2 Å². The zero-order valence-corrected chi connectivity index (χ0v) is 17.2. The standard InChI is InChI=1S/C19H30O11/c1-15(2)19(24)30-14-12-28-10-8-26-6-5-25-7-9-27-11-13-29-17(21)4-3-16(20)18(22)23/h1,3-14H2,2H3,(H,22,23). The summed E-state index contributed by atoms with van der Waals surface area (Å²) in [5.74, 6) is -3.69. The van der Waals surface area contributed by atoms with E-state index in [1.165, 1.54) is 0 Å². The predicted octanol–water partition coefficient (Wildman–Crippen LogP) is 0.149. The molecule has 0 aliphatic carbocycles. The highest BCUT2D eigenvalue weighted by Gasteiger charge is 2.14. The first kappa shape index (κ1) is 27.7. The normalized spacial score (nSPS) is 10.4. The lowest BCUT2D eigenvalue weighted by Gasteiger charge is -2.08. The first-order chi connectivity index (χ1) is 14.3. The third kappa shape index (κ3) is 17.7. The molecule has 0 saturated heterocycles. The summed E-state index contributed by atoms with van der Waals surface area (Å²) < 4.78 is 30.7. The number of carbonyl (C=O) groups is 4. The van der Waals surface area contributed by atoms with Gasteiger partial charge >= 0.3 is 17.9 Å². The molecule has 1 N–H and O–H groups in total. The number of aliphatic carboxylic acids is 1. The Morgan fingerprint density at radius 2 is 1.07 bits per heavy atom. The molecule has 0 aromatic rings. The minimum Gasteiger partial charge on any atom is -0.476 e. The van der Waals surface area contributed by atoms with Gasteiger partial charge in [0.1, 0.15) is 13.2 Å². The molecule has 0 amide bonds. The van der Waals surface area contributed by atoms with Crippen LogP contribution < -0.4 is 0 Å². The van der Waals surface area contributed by atoms with Gasteiger partial charge in [0.2, 0.25) is 5.78 Å². The van der Waals surface area contributed by atoms with E-state index in [4.69, 9.17) is 33.5 Å². The molecule has 0 atom stereocenters. The SMILES string of the molecule is C=C(C)C(=O)OCCOCCOCCOCCOCCOC(=O)CCC(=O)C(=O)O. The van der Waals surface area contributed by atoms with Gasteiger partial charge in [0.15, 0.2) is 0 Å². The Morgan fingerprint density at radius 3 is 1.47 bits per heavy atom. The lowest BCUT2D eigenvalue weighted by molar-refractivity contribution is -0.151. The second-order valence-corrected chi connectivity index (χ2v) is 5.81. The number of carbonyl (C=O) groups excluding carboxylic acids is 3. The van der Waals surface area contributed by atoms with Gasteiger partial charge in [-0.15, -0.1) is 0 Å². The van der Waals surface area contributed by atoms with E-state index in [1.54, 1.807) is 6.92 Å². The van der Waals surface area contributed by atoms with Crippen molar-refractivity contribution >= 4 is 23.7 Å². The number of carboxylic acids is 1. The van der Waals surface area contributed by atoms with Crippen LogP contribution in [0.3, 0.4) is 0 Å². The monoisotopic (exact) mass is 434 g/mol. The molecule has 172 valence electrons. The maximum Gasteiger partial charge on any atom is 0.372 e. The number of esters is 2. The van der Waals surface area contributed by atoms with Gasteiger partial charge in [0.05, 0.1) is 59.3 Å². The Balaban J connectivity index is 3.25. The highest BCUT2D eigenvalue weighted by Crippen LogP contribution is 1.95. The van der Waals surface area contributed by atoms with Crippen LogP contribution in [0.25, 0.3) is 0 Å². The molecular formula is C19H30O11. The molecule has 0 aromatic heterocycles. The molecular weight excluding hydrogens is 404 g/mol. The Kier molecular flexibility index (Phi) is 17.2. The Morgan fingerprint density at radius 1 is 0.667 bits per heavy atom. The number of ketones is 1. The zero-order valence-electron chi connectivity index (χ0n) is 17.2. The number of carboxylic acid groups (broad SMARTS) is 1. The smallest absolute Gasteiger partial charge is 0.372 e. The van der Waals surface area contributed by atoms with Gasteiger partial charge in [0.25, 0.3) is 0 Å². The molecule has 0 fully saturated rings. The average Bonchev–Trinajstić information content (AvgIpc) is 2.71. The Hall–Kier alpha value is -2.34. The molecule has 0 bridgehead atoms. The molecule has 0 aromatic carbocycles. The van der Waals surface area contributed by atoms with Crippen molar-refractivity contribution in [2.75, 3.05) is 66.1 Å². The van der Waals surface area contributed by atoms with Crippen LogP contribution >= 0.6 is 0 Å². The highest BCUT2D eigenvalue weighted by molar-refractivity contribution is 6.32. The summed E-state index contributed by atoms with van der Waals surface area (Å²) in [6.07, 6.45) is -0.663. The summed E-state index contributed by atoms with van der Waals surface area (Å²) in [6, 6.07) is 0. The van der Waals surface area contributed by atoms with Gasteiger partial charge in [-0.25, -0.2) is 9.59 Å². The quantitative estimate of drug-likeness (QED) is 0.121. The van der Waals surface area contributed by atoms with Gasteiger partial charge in [-0.2, -0.15) is 0 Å². The minimum absolute atomic E-state index is 0.00953. The maximum atomic E-state index is 11.3. The predicted molar refractivity (Wildman–Crippen MR) is 102 cm³/mol. The van der Waals surface area contributed by atoms with E-state index in [0.717, 1.165) is 0 Å². The Bertz CT molecular complexity index is 545. The molecule has 0 spiro atoms. The van der Waals surface area contributed by atoms with Crippen LogP contribution in [0.2, 0.25) is 0 Å². The topological polar surface area (TPSA) is 144 Å². The van der Waals surface area contributed by atoms with Crippen LogP contribution in [0.4, 0.5) is 0 Å². The number of ether oxygens (including phenoxy) is 6. The van der Waals surface area contributed by atoms with Gasteiger partial charge in [-0.1, -0.05) is 6.58 Å². The number of rotatable bonds is 20. The van der Waals surface area contributed by atoms with E-state index in [9.17, 15) is 19.2 Å². The molecule has 30 heavy (non-hydrogen) atoms. The molecule has 0 radical (unpaired) electrons. The molecule has 0 heterocycles. The summed E-state index contributed by atoms with van der Waals surface area (Å²) >= 11 is 0. The maximum absolute atomic E-state index is 11.3. The third-order valence-corrected chi connectivity index (χ3v) is 3.21. The van der Waals surface area contributed by atoms with E-state index >= 15 is 0 Å². The number of Topliss-reactive ketones (excluding diaryl/α,β-unsaturated/α-hetero) is 1. The van der Waals surface area contributed by atoms with Crippen molar-refractivity contribution in [1.82, 2.24) is 0 Å². The average molecular weight is 434 g/mol. The second-order valence-electron chi connectivity index (χ2n) is 5.81. The van der Waals surface area contributed by atoms with E-state index < -0.39 is 23.7 Å². The van der Waals surface area contributed by atoms with Gasteiger partial charge in [0, 0.05) is 12.0 Å². The second kappa shape index (κ2) is 18.7. The van der Waals surface area contributed by atoms with Crippen LogP contribution in [0, 0.1) is 0 Å². The number of hydrogen-bond donors (Lipinski definition) is 1. The fraction of sp³-hybridized carbons (Fsp3) is 0.684. The fourth-order valence-electron chi connectivity index (χ4n) is 1.69. The van der Waals surface area contributed by atoms with Crippen molar-refractivity contribution in [3.63, 3.8) is 0 Å². The van der Waals surface area contributed by atoms with Gasteiger partial charge in [-0.05, 0) is 6.92 Å². The summed E-state index contributed by atoms with van der Waals surface area (Å²) in [5, 5.41) is 8.38. The highest BCUT2D eigenvalue weighted by atomic mass is 16.6. The van der Waals surface area contributed by atoms with Gasteiger partial charge < -0.3 is 33.5 Å².